The molecule has 1 saturated carbocycles. The van der Waals surface area contributed by atoms with Crippen LogP contribution in [0.4, 0.5) is 4.39 Å². The molecule has 3 heterocycles. The molecule has 7 atom stereocenters. The summed E-state index contributed by atoms with van der Waals surface area (Å²) in [6, 6.07) is 0. The van der Waals surface area contributed by atoms with E-state index in [1.807, 2.05) is 13.8 Å². The number of nitrogens with zero attached hydrogens (tertiary/aromatic N) is 1. The van der Waals surface area contributed by atoms with Crippen LogP contribution >= 0.6 is 11.3 Å². The first-order valence-electron chi connectivity index (χ1n) is 12.6. The van der Waals surface area contributed by atoms with Gasteiger partial charge < -0.3 is 24.4 Å². The van der Waals surface area contributed by atoms with Gasteiger partial charge in [-0.15, -0.1) is 11.3 Å². The summed E-state index contributed by atoms with van der Waals surface area (Å²) in [5.74, 6) is -2.51. The molecule has 36 heavy (non-hydrogen) atoms. The van der Waals surface area contributed by atoms with Crippen molar-refractivity contribution in [1.29, 1.82) is 0 Å². The summed E-state index contributed by atoms with van der Waals surface area (Å²) < 4.78 is 32.5. The number of ether oxygens (including phenoxy) is 3. The minimum atomic E-state index is -1.29. The zero-order valence-corrected chi connectivity index (χ0v) is 22.1. The second-order valence-corrected chi connectivity index (χ2v) is 11.7. The van der Waals surface area contributed by atoms with Crippen LogP contribution in [0, 0.1) is 18.3 Å². The van der Waals surface area contributed by atoms with Crippen LogP contribution in [-0.2, 0) is 23.8 Å². The summed E-state index contributed by atoms with van der Waals surface area (Å²) in [6.45, 7) is 7.31. The molecule has 1 aromatic rings. The molecule has 0 amide bonds. The maximum atomic E-state index is 15.3. The van der Waals surface area contributed by atoms with Crippen molar-refractivity contribution in [2.24, 2.45) is 11.3 Å². The van der Waals surface area contributed by atoms with Crippen molar-refractivity contribution in [2.75, 3.05) is 6.61 Å². The Hall–Kier alpha value is -1.72. The lowest BCUT2D eigenvalue weighted by Crippen LogP contribution is -2.53. The van der Waals surface area contributed by atoms with Gasteiger partial charge in [0, 0.05) is 30.7 Å². The van der Waals surface area contributed by atoms with Crippen LogP contribution in [0.25, 0.3) is 6.08 Å². The Kier molecular flexibility index (Phi) is 8.02. The number of cyclic esters (lactones) is 1. The molecule has 0 bridgehead atoms. The summed E-state index contributed by atoms with van der Waals surface area (Å²) in [7, 11) is 0. The Morgan fingerprint density at radius 1 is 1.25 bits per heavy atom. The number of rotatable bonds is 2. The highest BCUT2D eigenvalue weighted by Gasteiger charge is 2.55. The van der Waals surface area contributed by atoms with E-state index in [0.717, 1.165) is 11.4 Å². The number of fused-ring (bicyclic) bond motifs is 1. The third kappa shape index (κ3) is 5.57. The van der Waals surface area contributed by atoms with Crippen molar-refractivity contribution in [3.05, 3.63) is 21.9 Å². The number of carbonyl (C=O) groups is 2. The highest BCUT2D eigenvalue weighted by atomic mass is 32.1. The van der Waals surface area contributed by atoms with Gasteiger partial charge in [0.2, 0.25) is 0 Å². The number of aryl methyl sites for hydroxylation is 1. The number of thiazole rings is 1. The minimum absolute atomic E-state index is 0.100. The van der Waals surface area contributed by atoms with Gasteiger partial charge in [-0.25, -0.2) is 9.37 Å². The highest BCUT2D eigenvalue weighted by Crippen LogP contribution is 2.48. The fraction of sp³-hybridized carbons (Fsp3) is 0.731. The maximum absolute atomic E-state index is 15.3. The largest absolute Gasteiger partial charge is 0.455 e. The molecular weight excluding hydrogens is 489 g/mol. The lowest BCUT2D eigenvalue weighted by molar-refractivity contribution is -0.163. The summed E-state index contributed by atoms with van der Waals surface area (Å²) in [5, 5.41) is 24.3. The SMILES string of the molecule is Cc1nc(C=C(F)[C@@H]2C[C@@H]3O[C@]3(C)CCO[C@H](C)[C@@H](O)[C@@H](C)C(=O)C3(CCC3)[C@@H](O)CC(=O)O2)cs1. The van der Waals surface area contributed by atoms with Gasteiger partial charge in [0.25, 0.3) is 0 Å². The van der Waals surface area contributed by atoms with Crippen LogP contribution in [0.3, 0.4) is 0 Å². The second kappa shape index (κ2) is 10.6. The quantitative estimate of drug-likeness (QED) is 0.445. The average Bonchev–Trinajstić information content (AvgIpc) is 3.22. The van der Waals surface area contributed by atoms with Crippen molar-refractivity contribution in [2.45, 2.75) is 102 Å². The third-order valence-corrected chi connectivity index (χ3v) is 8.88. The number of halogens is 1. The number of Topliss-reactive ketones (excluding diaryl/α,β-unsaturated/α-hetero) is 1. The van der Waals surface area contributed by atoms with Crippen LogP contribution in [-0.4, -0.2) is 69.7 Å². The molecule has 0 aromatic carbocycles. The van der Waals surface area contributed by atoms with Gasteiger partial charge in [-0.3, -0.25) is 9.59 Å². The molecule has 2 N–H and O–H groups in total. The topological polar surface area (TPSA) is 118 Å². The fourth-order valence-electron chi connectivity index (χ4n) is 5.32. The smallest absolute Gasteiger partial charge is 0.309 e. The predicted molar refractivity (Wildman–Crippen MR) is 131 cm³/mol. The zero-order chi connectivity index (χ0) is 26.3. The summed E-state index contributed by atoms with van der Waals surface area (Å²) in [4.78, 5) is 30.5. The first-order valence-corrected chi connectivity index (χ1v) is 13.5. The van der Waals surface area contributed by atoms with Crippen molar-refractivity contribution in [3.8, 4) is 0 Å². The Balaban J connectivity index is 1.58. The Morgan fingerprint density at radius 3 is 2.58 bits per heavy atom. The van der Waals surface area contributed by atoms with Crippen LogP contribution in [0.5, 0.6) is 0 Å². The lowest BCUT2D eigenvalue weighted by atomic mass is 9.59. The minimum Gasteiger partial charge on any atom is -0.455 e. The molecule has 8 nitrogen and oxygen atoms in total. The Labute approximate surface area is 214 Å². The molecule has 200 valence electrons. The third-order valence-electron chi connectivity index (χ3n) is 8.09. The number of hydrogen-bond donors (Lipinski definition) is 2. The number of ketones is 1. The standard InChI is InChI=1S/C26H36FNO7S/c1-14-23(31)15(2)33-9-8-25(4)21(35-25)11-19(18(27)10-17-13-36-16(3)28-17)34-22(30)12-20(29)26(24(14)32)6-5-7-26/h10,13-15,19-21,23,29,31H,5-9,11-12H2,1-4H3/t14-,15-,19+,20+,21+,23+,25-/m1/s1. The molecule has 10 heteroatoms. The van der Waals surface area contributed by atoms with Gasteiger partial charge in [-0.2, -0.15) is 0 Å². The number of esters is 1. The van der Waals surface area contributed by atoms with Gasteiger partial charge in [0.1, 0.15) is 11.6 Å². The van der Waals surface area contributed by atoms with Crippen molar-refractivity contribution in [1.82, 2.24) is 4.98 Å². The molecule has 4 rings (SSSR count). The van der Waals surface area contributed by atoms with Crippen LogP contribution < -0.4 is 0 Å². The zero-order valence-electron chi connectivity index (χ0n) is 21.2. The normalized spacial score (nSPS) is 38.2. The predicted octanol–water partition coefficient (Wildman–Crippen LogP) is 3.52. The molecule has 1 aliphatic carbocycles. The van der Waals surface area contributed by atoms with E-state index >= 15 is 4.39 Å². The summed E-state index contributed by atoms with van der Waals surface area (Å²) >= 11 is 1.39. The van der Waals surface area contributed by atoms with E-state index in [9.17, 15) is 19.8 Å². The number of aromatic nitrogens is 1. The van der Waals surface area contributed by atoms with E-state index in [4.69, 9.17) is 14.2 Å². The van der Waals surface area contributed by atoms with Crippen molar-refractivity contribution >= 4 is 29.2 Å². The maximum Gasteiger partial charge on any atom is 0.309 e. The lowest BCUT2D eigenvalue weighted by Gasteiger charge is -2.46. The average molecular weight is 526 g/mol. The Bertz CT molecular complexity index is 1010. The molecular formula is C26H36FNO7S. The molecule has 0 radical (unpaired) electrons. The van der Waals surface area contributed by atoms with E-state index in [-0.39, 0.29) is 24.9 Å². The Morgan fingerprint density at radius 2 is 1.97 bits per heavy atom. The van der Waals surface area contributed by atoms with Crippen molar-refractivity contribution < 1.29 is 38.4 Å². The van der Waals surface area contributed by atoms with E-state index in [1.165, 1.54) is 17.4 Å². The van der Waals surface area contributed by atoms with Gasteiger partial charge in [0.15, 0.2) is 6.10 Å². The monoisotopic (exact) mass is 525 g/mol. The molecule has 1 spiro atoms. The molecule has 2 saturated heterocycles. The van der Waals surface area contributed by atoms with Gasteiger partial charge in [0.05, 0.1) is 52.6 Å². The van der Waals surface area contributed by atoms with Crippen LogP contribution in [0.15, 0.2) is 11.2 Å². The number of hydrogen-bond acceptors (Lipinski definition) is 9. The number of aliphatic hydroxyl groups excluding tert-OH is 2. The van der Waals surface area contributed by atoms with Crippen LogP contribution in [0.2, 0.25) is 0 Å². The second-order valence-electron chi connectivity index (χ2n) is 10.7. The first-order chi connectivity index (χ1) is 16.9. The molecule has 1 aromatic heterocycles. The number of epoxide rings is 1. The molecule has 3 fully saturated rings. The van der Waals surface area contributed by atoms with E-state index in [1.54, 1.807) is 19.2 Å². The van der Waals surface area contributed by atoms with E-state index in [2.05, 4.69) is 4.98 Å². The van der Waals surface area contributed by atoms with Crippen LogP contribution in [0.1, 0.15) is 70.0 Å². The molecule has 2 aliphatic heterocycles. The van der Waals surface area contributed by atoms with Gasteiger partial charge >= 0.3 is 5.97 Å². The van der Waals surface area contributed by atoms with Gasteiger partial charge in [-0.1, -0.05) is 13.3 Å². The highest BCUT2D eigenvalue weighted by molar-refractivity contribution is 7.09. The molecule has 3 aliphatic rings. The van der Waals surface area contributed by atoms with E-state index in [0.29, 0.717) is 25.0 Å². The number of carbonyl (C=O) groups excluding carboxylic acids is 2. The summed E-state index contributed by atoms with van der Waals surface area (Å²) in [6.07, 6.45) is -1.53. The number of aliphatic hydroxyl groups is 2. The molecule has 0 unspecified atom stereocenters. The fourth-order valence-corrected chi connectivity index (χ4v) is 5.89. The van der Waals surface area contributed by atoms with E-state index < -0.39 is 59.6 Å². The first kappa shape index (κ1) is 27.3. The van der Waals surface area contributed by atoms with Gasteiger partial charge in [-0.05, 0) is 39.7 Å². The summed E-state index contributed by atoms with van der Waals surface area (Å²) in [5.41, 5.74) is -1.27. The van der Waals surface area contributed by atoms with Crippen molar-refractivity contribution in [3.63, 3.8) is 0 Å².